The molecule has 4 atom stereocenters. The first-order valence-corrected chi connectivity index (χ1v) is 16.0. The van der Waals surface area contributed by atoms with E-state index in [9.17, 15) is 48.6 Å². The number of carbonyl (C=O) groups is 8. The van der Waals surface area contributed by atoms with Gasteiger partial charge >= 0.3 is 11.9 Å². The Morgan fingerprint density at radius 3 is 2.10 bits per heavy atom. The predicted molar refractivity (Wildman–Crippen MR) is 173 cm³/mol. The fourth-order valence-corrected chi connectivity index (χ4v) is 5.14. The minimum atomic E-state index is -1.39. The Morgan fingerprint density at radius 2 is 1.47 bits per heavy atom. The van der Waals surface area contributed by atoms with Crippen LogP contribution in [-0.2, 0) is 44.8 Å². The number of carboxylic acids is 2. The van der Waals surface area contributed by atoms with E-state index in [1.807, 2.05) is 0 Å². The molecule has 6 amide bonds. The van der Waals surface area contributed by atoms with Crippen LogP contribution in [0.1, 0.15) is 50.5 Å². The Kier molecular flexibility index (Phi) is 17.2. The molecule has 0 aromatic heterocycles. The summed E-state index contributed by atoms with van der Waals surface area (Å²) >= 11 is 0. The van der Waals surface area contributed by atoms with Gasteiger partial charge in [-0.1, -0.05) is 30.3 Å². The molecular weight excluding hydrogens is 644 g/mol. The molecule has 11 N–H and O–H groups in total. The van der Waals surface area contributed by atoms with Crippen molar-refractivity contribution >= 4 is 47.4 Å². The van der Waals surface area contributed by atoms with Gasteiger partial charge in [0.15, 0.2) is 0 Å². The van der Waals surface area contributed by atoms with Crippen LogP contribution in [0.2, 0.25) is 0 Å². The summed E-state index contributed by atoms with van der Waals surface area (Å²) < 4.78 is 0. The molecule has 49 heavy (non-hydrogen) atoms. The first-order chi connectivity index (χ1) is 23.4. The van der Waals surface area contributed by atoms with Gasteiger partial charge in [0.1, 0.15) is 24.2 Å². The van der Waals surface area contributed by atoms with E-state index in [2.05, 4.69) is 26.6 Å². The van der Waals surface area contributed by atoms with Crippen molar-refractivity contribution in [2.75, 3.05) is 32.7 Å². The second-order valence-corrected chi connectivity index (χ2v) is 11.4. The summed E-state index contributed by atoms with van der Waals surface area (Å²) in [5.74, 6) is -6.75. The van der Waals surface area contributed by atoms with E-state index in [4.69, 9.17) is 11.5 Å². The highest BCUT2D eigenvalue weighted by atomic mass is 16.4. The van der Waals surface area contributed by atoms with Gasteiger partial charge in [-0.05, 0) is 50.6 Å². The van der Waals surface area contributed by atoms with Crippen molar-refractivity contribution in [2.45, 2.75) is 75.5 Å². The van der Waals surface area contributed by atoms with Crippen LogP contribution in [0.15, 0.2) is 30.3 Å². The van der Waals surface area contributed by atoms with Crippen LogP contribution in [0, 0.1) is 0 Å². The minimum Gasteiger partial charge on any atom is -0.481 e. The van der Waals surface area contributed by atoms with Crippen LogP contribution < -0.4 is 38.1 Å². The summed E-state index contributed by atoms with van der Waals surface area (Å²) in [6, 6.07) is 4.32. The van der Waals surface area contributed by atoms with E-state index < -0.39 is 91.1 Å². The minimum absolute atomic E-state index is 0.137. The summed E-state index contributed by atoms with van der Waals surface area (Å²) in [6.45, 7) is -0.998. The molecule has 0 bridgehead atoms. The molecule has 0 spiro atoms. The number of benzene rings is 1. The summed E-state index contributed by atoms with van der Waals surface area (Å²) in [4.78, 5) is 101. The van der Waals surface area contributed by atoms with Gasteiger partial charge in [0.05, 0.1) is 19.6 Å². The average Bonchev–Trinajstić information content (AvgIpc) is 3.57. The van der Waals surface area contributed by atoms with E-state index in [1.165, 1.54) is 4.90 Å². The van der Waals surface area contributed by atoms with Crippen molar-refractivity contribution in [3.63, 3.8) is 0 Å². The number of hydrogen-bond acceptors (Lipinski definition) is 10. The lowest BCUT2D eigenvalue weighted by Gasteiger charge is -2.30. The smallest absolute Gasteiger partial charge is 0.326 e. The Bertz CT molecular complexity index is 1330. The molecule has 0 radical (unpaired) electrons. The zero-order valence-electron chi connectivity index (χ0n) is 27.2. The fraction of sp³-hybridized carbons (Fsp3) is 0.548. The predicted octanol–water partition coefficient (Wildman–Crippen LogP) is -3.06. The Labute approximate surface area is 283 Å². The van der Waals surface area contributed by atoms with Gasteiger partial charge < -0.3 is 53.2 Å². The number of hydrogen-bond donors (Lipinski definition) is 9. The highest BCUT2D eigenvalue weighted by Crippen LogP contribution is 2.20. The fourth-order valence-electron chi connectivity index (χ4n) is 5.14. The molecule has 1 aliphatic heterocycles. The Morgan fingerprint density at radius 1 is 0.796 bits per heavy atom. The molecule has 1 fully saturated rings. The van der Waals surface area contributed by atoms with Crippen molar-refractivity contribution in [2.24, 2.45) is 11.5 Å². The van der Waals surface area contributed by atoms with Crippen molar-refractivity contribution < 1.29 is 48.6 Å². The molecule has 18 heteroatoms. The first kappa shape index (κ1) is 40.1. The maximum absolute atomic E-state index is 13.6. The third-order valence-electron chi connectivity index (χ3n) is 7.67. The molecule has 0 aliphatic carbocycles. The SMILES string of the molecule is NCCCCC(NC(=O)CNC(=O)CNC(=O)C(CCC(=O)O)NC(=O)C1CCCN1C(=O)C(Cc1ccccc1)NC(=O)CN)C(=O)O. The van der Waals surface area contributed by atoms with Gasteiger partial charge in [-0.25, -0.2) is 4.79 Å². The van der Waals surface area contributed by atoms with E-state index in [0.717, 1.165) is 5.56 Å². The number of nitrogens with zero attached hydrogens (tertiary/aromatic N) is 1. The lowest BCUT2D eigenvalue weighted by molar-refractivity contribution is -0.142. The van der Waals surface area contributed by atoms with E-state index in [0.29, 0.717) is 25.8 Å². The number of likely N-dealkylation sites (tertiary alicyclic amines) is 1. The number of amides is 6. The molecule has 1 heterocycles. The molecule has 1 saturated heterocycles. The number of nitrogens with one attached hydrogen (secondary N) is 5. The van der Waals surface area contributed by atoms with E-state index in [-0.39, 0.29) is 38.8 Å². The summed E-state index contributed by atoms with van der Waals surface area (Å²) in [7, 11) is 0. The second kappa shape index (κ2) is 21.0. The summed E-state index contributed by atoms with van der Waals surface area (Å²) in [5.41, 5.74) is 11.6. The third kappa shape index (κ3) is 14.3. The molecule has 1 aromatic rings. The van der Waals surface area contributed by atoms with Gasteiger partial charge in [-0.2, -0.15) is 0 Å². The largest absolute Gasteiger partial charge is 0.481 e. The van der Waals surface area contributed by atoms with Crippen LogP contribution in [-0.4, -0.2) is 119 Å². The molecule has 1 aromatic carbocycles. The van der Waals surface area contributed by atoms with Gasteiger partial charge in [0.2, 0.25) is 35.4 Å². The number of carbonyl (C=O) groups excluding carboxylic acids is 6. The molecule has 2 rings (SSSR count). The summed E-state index contributed by atoms with van der Waals surface area (Å²) in [6.07, 6.45) is 1.20. The third-order valence-corrected chi connectivity index (χ3v) is 7.67. The quantitative estimate of drug-likeness (QED) is 0.0582. The van der Waals surface area contributed by atoms with Gasteiger partial charge in [0, 0.05) is 19.4 Å². The van der Waals surface area contributed by atoms with Crippen LogP contribution in [0.3, 0.4) is 0 Å². The topological polar surface area (TPSA) is 292 Å². The van der Waals surface area contributed by atoms with Crippen molar-refractivity contribution in [1.29, 1.82) is 0 Å². The number of nitrogens with two attached hydrogens (primary N) is 2. The molecule has 4 unspecified atom stereocenters. The average molecular weight is 691 g/mol. The lowest BCUT2D eigenvalue weighted by Crippen LogP contribution is -2.57. The molecule has 1 aliphatic rings. The van der Waals surface area contributed by atoms with Gasteiger partial charge in [0.25, 0.3) is 0 Å². The monoisotopic (exact) mass is 690 g/mol. The maximum Gasteiger partial charge on any atom is 0.326 e. The van der Waals surface area contributed by atoms with Crippen LogP contribution >= 0.6 is 0 Å². The van der Waals surface area contributed by atoms with E-state index >= 15 is 0 Å². The maximum atomic E-state index is 13.6. The molecule has 0 saturated carbocycles. The summed E-state index contributed by atoms with van der Waals surface area (Å²) in [5, 5.41) is 30.4. The number of unbranched alkanes of at least 4 members (excludes halogenated alkanes) is 1. The van der Waals surface area contributed by atoms with Crippen LogP contribution in [0.5, 0.6) is 0 Å². The Hall–Kier alpha value is -5.10. The molecule has 270 valence electrons. The van der Waals surface area contributed by atoms with Crippen molar-refractivity contribution in [3.05, 3.63) is 35.9 Å². The molecule has 18 nitrogen and oxygen atoms in total. The van der Waals surface area contributed by atoms with E-state index in [1.54, 1.807) is 30.3 Å². The normalized spacial score (nSPS) is 15.6. The van der Waals surface area contributed by atoms with Crippen LogP contribution in [0.4, 0.5) is 0 Å². The van der Waals surface area contributed by atoms with Crippen molar-refractivity contribution in [1.82, 2.24) is 31.5 Å². The zero-order chi connectivity index (χ0) is 36.3. The lowest BCUT2D eigenvalue weighted by atomic mass is 10.0. The second-order valence-electron chi connectivity index (χ2n) is 11.4. The van der Waals surface area contributed by atoms with Crippen LogP contribution in [0.25, 0.3) is 0 Å². The zero-order valence-corrected chi connectivity index (χ0v) is 27.2. The number of carboxylic acid groups (broad SMARTS) is 2. The molecular formula is C31H46N8O10. The van der Waals surface area contributed by atoms with Gasteiger partial charge in [-0.3, -0.25) is 33.6 Å². The number of rotatable bonds is 21. The van der Waals surface area contributed by atoms with Gasteiger partial charge in [-0.15, -0.1) is 0 Å². The first-order valence-electron chi connectivity index (χ1n) is 16.0. The highest BCUT2D eigenvalue weighted by Gasteiger charge is 2.39. The standard InChI is InChI=1S/C31H46N8O10/c32-13-5-4-9-21(31(48)49)36-26(42)18-34-25(41)17-35-28(45)20(11-12-27(43)44)38-29(46)23-10-6-14-39(23)30(47)22(37-24(40)16-33)15-19-7-2-1-3-8-19/h1-3,7-8,20-23H,4-6,9-18,32-33H2,(H,34,41)(H,35,45)(H,36,42)(H,37,40)(H,38,46)(H,43,44)(H,48,49). The van der Waals surface area contributed by atoms with Crippen molar-refractivity contribution in [3.8, 4) is 0 Å². The highest BCUT2D eigenvalue weighted by molar-refractivity contribution is 5.96. The number of aliphatic carboxylic acids is 2. The Balaban J connectivity index is 2.01.